The van der Waals surface area contributed by atoms with E-state index in [1.54, 1.807) is 0 Å². The first kappa shape index (κ1) is 19.4. The lowest BCUT2D eigenvalue weighted by molar-refractivity contribution is -0.349. The number of carboxylic acids is 1. The molecule has 1 unspecified atom stereocenters. The van der Waals surface area contributed by atoms with E-state index >= 15 is 0 Å². The van der Waals surface area contributed by atoms with E-state index in [2.05, 4.69) is 0 Å². The molecule has 130 valence electrons. The van der Waals surface area contributed by atoms with Gasteiger partial charge in [0, 0.05) is 16.7 Å². The van der Waals surface area contributed by atoms with Crippen LogP contribution in [0.2, 0.25) is 0 Å². The molecule has 0 spiro atoms. The molecule has 1 aromatic rings. The number of carbonyl (C=O) groups is 1. The van der Waals surface area contributed by atoms with Gasteiger partial charge in [-0.15, -0.1) is 0 Å². The first-order chi connectivity index (χ1) is 10.2. The minimum absolute atomic E-state index is 0.0498. The van der Waals surface area contributed by atoms with Crippen molar-refractivity contribution in [2.75, 3.05) is 6.26 Å². The Bertz CT molecular complexity index is 650. The third-order valence-corrected chi connectivity index (χ3v) is 4.18. The van der Waals surface area contributed by atoms with Gasteiger partial charge in [-0.1, -0.05) is 6.07 Å². The summed E-state index contributed by atoms with van der Waals surface area (Å²) in [5.41, 5.74) is -9.01. The summed E-state index contributed by atoms with van der Waals surface area (Å²) in [6.45, 7) is 0.858. The first-order valence-electron chi connectivity index (χ1n) is 5.69. The molecule has 0 amide bonds. The lowest BCUT2D eigenvalue weighted by Gasteiger charge is -2.32. The van der Waals surface area contributed by atoms with Gasteiger partial charge in [-0.05, 0) is 18.6 Å². The molecule has 23 heavy (non-hydrogen) atoms. The molecule has 1 rings (SSSR count). The maximum atomic E-state index is 14.1. The summed E-state index contributed by atoms with van der Waals surface area (Å²) in [5, 5.41) is 8.85. The molecule has 11 heteroatoms. The van der Waals surface area contributed by atoms with Crippen LogP contribution in [0.1, 0.15) is 21.5 Å². The standard InChI is InChI=1S/C12H9F7O3S/c1-5-6(9(20)21)3-4-7(8(5)23(2)22)10(13,11(14,15)16)12(17,18)19/h3-4H,1-2H3,(H,20,21). The predicted octanol–water partition coefficient (Wildman–Crippen LogP) is 3.72. The second-order valence-electron chi connectivity index (χ2n) is 4.53. The fourth-order valence-electron chi connectivity index (χ4n) is 2.03. The molecular formula is C12H9F7O3S. The Balaban J connectivity index is 3.94. The third-order valence-electron chi connectivity index (χ3n) is 3.08. The zero-order valence-corrected chi connectivity index (χ0v) is 12.3. The molecule has 0 radical (unpaired) electrons. The first-order valence-corrected chi connectivity index (χ1v) is 7.25. The van der Waals surface area contributed by atoms with Gasteiger partial charge < -0.3 is 5.11 Å². The fraction of sp³-hybridized carbons (Fsp3) is 0.417. The van der Waals surface area contributed by atoms with Crippen LogP contribution in [0, 0.1) is 6.92 Å². The largest absolute Gasteiger partial charge is 0.478 e. The van der Waals surface area contributed by atoms with Gasteiger partial charge in [0.05, 0.1) is 16.4 Å². The monoisotopic (exact) mass is 366 g/mol. The minimum atomic E-state index is -6.38. The van der Waals surface area contributed by atoms with E-state index in [0.29, 0.717) is 6.07 Å². The van der Waals surface area contributed by atoms with Gasteiger partial charge in [0.25, 0.3) is 0 Å². The summed E-state index contributed by atoms with van der Waals surface area (Å²) < 4.78 is 103. The summed E-state index contributed by atoms with van der Waals surface area (Å²) in [7, 11) is -2.50. The average molecular weight is 366 g/mol. The Labute approximate surface area is 127 Å². The molecule has 0 heterocycles. The van der Waals surface area contributed by atoms with E-state index in [1.165, 1.54) is 0 Å². The normalized spacial score (nSPS) is 14.7. The van der Waals surface area contributed by atoms with Crippen molar-refractivity contribution >= 4 is 16.8 Å². The van der Waals surface area contributed by atoms with Crippen molar-refractivity contribution in [1.82, 2.24) is 0 Å². The molecule has 0 aliphatic carbocycles. The minimum Gasteiger partial charge on any atom is -0.478 e. The van der Waals surface area contributed by atoms with Crippen LogP contribution >= 0.6 is 0 Å². The summed E-state index contributed by atoms with van der Waals surface area (Å²) in [5.74, 6) is -1.66. The van der Waals surface area contributed by atoms with E-state index < -0.39 is 56.4 Å². The van der Waals surface area contributed by atoms with E-state index in [4.69, 9.17) is 5.11 Å². The van der Waals surface area contributed by atoms with Gasteiger partial charge in [0.1, 0.15) is 0 Å². The van der Waals surface area contributed by atoms with Gasteiger partial charge in [0.2, 0.25) is 0 Å². The highest BCUT2D eigenvalue weighted by Crippen LogP contribution is 2.54. The van der Waals surface area contributed by atoms with Gasteiger partial charge in [-0.25, -0.2) is 9.18 Å². The van der Waals surface area contributed by atoms with Crippen LogP contribution in [-0.2, 0) is 16.5 Å². The van der Waals surface area contributed by atoms with Crippen molar-refractivity contribution < 1.29 is 44.8 Å². The second-order valence-corrected chi connectivity index (χ2v) is 5.84. The van der Waals surface area contributed by atoms with Crippen molar-refractivity contribution in [3.8, 4) is 0 Å². The van der Waals surface area contributed by atoms with Crippen LogP contribution < -0.4 is 0 Å². The van der Waals surface area contributed by atoms with Crippen molar-refractivity contribution in [2.45, 2.75) is 29.8 Å². The van der Waals surface area contributed by atoms with Crippen LogP contribution in [-0.4, -0.2) is 33.9 Å². The molecule has 0 saturated heterocycles. The lowest BCUT2D eigenvalue weighted by Crippen LogP contribution is -2.51. The number of hydrogen-bond acceptors (Lipinski definition) is 2. The van der Waals surface area contributed by atoms with E-state index in [1.807, 2.05) is 0 Å². The van der Waals surface area contributed by atoms with Gasteiger partial charge in [0.15, 0.2) is 0 Å². The molecule has 0 aromatic heterocycles. The average Bonchev–Trinajstić information content (AvgIpc) is 2.33. The van der Waals surface area contributed by atoms with E-state index in [9.17, 15) is 39.7 Å². The van der Waals surface area contributed by atoms with Crippen LogP contribution in [0.25, 0.3) is 0 Å². The van der Waals surface area contributed by atoms with E-state index in [-0.39, 0.29) is 6.07 Å². The highest BCUT2D eigenvalue weighted by molar-refractivity contribution is 7.84. The Hall–Kier alpha value is -1.65. The topological polar surface area (TPSA) is 54.4 Å². The maximum absolute atomic E-state index is 14.1. The highest BCUT2D eigenvalue weighted by atomic mass is 32.2. The predicted molar refractivity (Wildman–Crippen MR) is 65.4 cm³/mol. The van der Waals surface area contributed by atoms with Crippen molar-refractivity contribution in [2.24, 2.45) is 0 Å². The molecule has 3 nitrogen and oxygen atoms in total. The van der Waals surface area contributed by atoms with Crippen molar-refractivity contribution in [3.05, 3.63) is 28.8 Å². The Morgan fingerprint density at radius 3 is 1.78 bits per heavy atom. The quantitative estimate of drug-likeness (QED) is 0.830. The molecule has 1 atom stereocenters. The van der Waals surface area contributed by atoms with Crippen LogP contribution in [0.4, 0.5) is 30.7 Å². The molecule has 0 aliphatic heterocycles. The summed E-state index contributed by atoms with van der Waals surface area (Å²) in [6, 6.07) is 0.462. The number of alkyl halides is 7. The number of benzene rings is 1. The Kier molecular flexibility index (Phi) is 4.86. The zero-order chi connectivity index (χ0) is 18.4. The second kappa shape index (κ2) is 5.77. The van der Waals surface area contributed by atoms with Crippen molar-refractivity contribution in [3.63, 3.8) is 0 Å². The number of halogens is 7. The molecule has 0 aliphatic rings. The maximum Gasteiger partial charge on any atom is 0.435 e. The summed E-state index contributed by atoms with van der Waals surface area (Å²) >= 11 is 0. The number of rotatable bonds is 3. The highest BCUT2D eigenvalue weighted by Gasteiger charge is 2.74. The molecular weight excluding hydrogens is 357 g/mol. The SMILES string of the molecule is Cc1c(C(=O)O)ccc(C(F)(C(F)(F)F)C(F)(F)F)c1S(C)=O. The number of aromatic carboxylic acids is 1. The van der Waals surface area contributed by atoms with Gasteiger partial charge in [-0.2, -0.15) is 26.3 Å². The fourth-order valence-corrected chi connectivity index (χ4v) is 3.09. The molecule has 1 aromatic carbocycles. The Morgan fingerprint density at radius 2 is 1.48 bits per heavy atom. The number of hydrogen-bond donors (Lipinski definition) is 1. The van der Waals surface area contributed by atoms with Crippen LogP contribution in [0.3, 0.4) is 0 Å². The molecule has 0 saturated carbocycles. The summed E-state index contributed by atoms with van der Waals surface area (Å²) in [4.78, 5) is 9.76. The molecule has 0 fully saturated rings. The summed E-state index contributed by atoms with van der Waals surface area (Å²) in [6.07, 6.45) is -12.0. The van der Waals surface area contributed by atoms with Crippen LogP contribution in [0.5, 0.6) is 0 Å². The third kappa shape index (κ3) is 3.06. The van der Waals surface area contributed by atoms with Gasteiger partial charge in [-0.3, -0.25) is 4.21 Å². The van der Waals surface area contributed by atoms with Crippen molar-refractivity contribution in [1.29, 1.82) is 0 Å². The number of carboxylic acid groups (broad SMARTS) is 1. The molecule has 0 bridgehead atoms. The van der Waals surface area contributed by atoms with Crippen LogP contribution in [0.15, 0.2) is 17.0 Å². The van der Waals surface area contributed by atoms with Gasteiger partial charge >= 0.3 is 24.0 Å². The zero-order valence-electron chi connectivity index (χ0n) is 11.5. The smallest absolute Gasteiger partial charge is 0.435 e. The van der Waals surface area contributed by atoms with E-state index in [0.717, 1.165) is 13.2 Å². The Morgan fingerprint density at radius 1 is 1.04 bits per heavy atom. The lowest BCUT2D eigenvalue weighted by atomic mass is 9.91. The molecule has 1 N–H and O–H groups in total.